The van der Waals surface area contributed by atoms with Crippen molar-refractivity contribution in [2.75, 3.05) is 72.3 Å². The van der Waals surface area contributed by atoms with Crippen LogP contribution in [-0.4, -0.2) is 107 Å². The number of hydrogen-bond donors (Lipinski definition) is 1. The second-order valence-corrected chi connectivity index (χ2v) is 9.88. The third kappa shape index (κ3) is 8.29. The zero-order valence-electron chi connectivity index (χ0n) is 17.8. The maximum atomic E-state index is 12.4. The van der Waals surface area contributed by atoms with Crippen molar-refractivity contribution in [3.63, 3.8) is 0 Å². The maximum absolute atomic E-state index is 12.4. The summed E-state index contributed by atoms with van der Waals surface area (Å²) in [6.45, 7) is 9.65. The zero-order valence-corrected chi connectivity index (χ0v) is 20.9. The standard InChI is InChI=1S/C18H37N5O3S.HI/c1-16(2)26-13-14-27(24,25)23-11-9-22(10-12-23)18(19-3)20-15-17-5-7-21(4)8-6-17;/h16-17H,5-15H2,1-4H3,(H,19,20);1H. The number of guanidine groups is 1. The largest absolute Gasteiger partial charge is 0.378 e. The Balaban J connectivity index is 0.00000392. The Morgan fingerprint density at radius 3 is 2.29 bits per heavy atom. The molecule has 0 aromatic rings. The molecular weight excluding hydrogens is 493 g/mol. The first kappa shape index (κ1) is 25.9. The van der Waals surface area contributed by atoms with Gasteiger partial charge in [0, 0.05) is 39.8 Å². The van der Waals surface area contributed by atoms with Gasteiger partial charge in [0.2, 0.25) is 10.0 Å². The highest BCUT2D eigenvalue weighted by molar-refractivity contribution is 14.0. The van der Waals surface area contributed by atoms with Gasteiger partial charge in [0.25, 0.3) is 0 Å². The van der Waals surface area contributed by atoms with E-state index >= 15 is 0 Å². The molecule has 10 heteroatoms. The molecule has 2 saturated heterocycles. The highest BCUT2D eigenvalue weighted by atomic mass is 127. The van der Waals surface area contributed by atoms with E-state index in [9.17, 15) is 8.42 Å². The summed E-state index contributed by atoms with van der Waals surface area (Å²) < 4.78 is 31.9. The number of likely N-dealkylation sites (tertiary alicyclic amines) is 1. The first-order valence-corrected chi connectivity index (χ1v) is 11.7. The molecule has 2 aliphatic rings. The number of piperazine rings is 1. The third-order valence-corrected chi connectivity index (χ3v) is 7.16. The second-order valence-electron chi connectivity index (χ2n) is 7.80. The fraction of sp³-hybridized carbons (Fsp3) is 0.944. The van der Waals surface area contributed by atoms with Crippen molar-refractivity contribution < 1.29 is 13.2 Å². The van der Waals surface area contributed by atoms with Crippen LogP contribution >= 0.6 is 24.0 Å². The average molecular weight is 532 g/mol. The van der Waals surface area contributed by atoms with Gasteiger partial charge in [0.05, 0.1) is 18.5 Å². The fourth-order valence-electron chi connectivity index (χ4n) is 3.53. The van der Waals surface area contributed by atoms with Gasteiger partial charge in [-0.1, -0.05) is 0 Å². The lowest BCUT2D eigenvalue weighted by atomic mass is 9.97. The summed E-state index contributed by atoms with van der Waals surface area (Å²) >= 11 is 0. The van der Waals surface area contributed by atoms with Crippen molar-refractivity contribution in [2.45, 2.75) is 32.8 Å². The Morgan fingerprint density at radius 2 is 1.75 bits per heavy atom. The van der Waals surface area contributed by atoms with Gasteiger partial charge in [-0.25, -0.2) is 8.42 Å². The van der Waals surface area contributed by atoms with Gasteiger partial charge in [0.15, 0.2) is 5.96 Å². The minimum Gasteiger partial charge on any atom is -0.378 e. The van der Waals surface area contributed by atoms with Crippen LogP contribution < -0.4 is 5.32 Å². The van der Waals surface area contributed by atoms with Gasteiger partial charge in [0.1, 0.15) is 0 Å². The van der Waals surface area contributed by atoms with Crippen molar-refractivity contribution in [1.82, 2.24) is 19.4 Å². The van der Waals surface area contributed by atoms with Crippen LogP contribution in [0.3, 0.4) is 0 Å². The molecule has 2 heterocycles. The maximum Gasteiger partial charge on any atom is 0.216 e. The van der Waals surface area contributed by atoms with Crippen molar-refractivity contribution >= 4 is 40.0 Å². The van der Waals surface area contributed by atoms with Crippen LogP contribution in [0.1, 0.15) is 26.7 Å². The van der Waals surface area contributed by atoms with Crippen LogP contribution in [0.25, 0.3) is 0 Å². The minimum atomic E-state index is -3.25. The van der Waals surface area contributed by atoms with E-state index in [1.807, 2.05) is 13.8 Å². The molecule has 0 radical (unpaired) electrons. The van der Waals surface area contributed by atoms with Gasteiger partial charge in [-0.15, -0.1) is 24.0 Å². The molecule has 2 aliphatic heterocycles. The molecule has 8 nitrogen and oxygen atoms in total. The van der Waals surface area contributed by atoms with Crippen molar-refractivity contribution in [2.24, 2.45) is 10.9 Å². The molecule has 2 rings (SSSR count). The van der Waals surface area contributed by atoms with E-state index < -0.39 is 10.0 Å². The lowest BCUT2D eigenvalue weighted by Gasteiger charge is -2.36. The topological polar surface area (TPSA) is 77.5 Å². The zero-order chi connectivity index (χ0) is 19.9. The van der Waals surface area contributed by atoms with E-state index in [2.05, 4.69) is 27.2 Å². The van der Waals surface area contributed by atoms with E-state index in [0.29, 0.717) is 32.1 Å². The Kier molecular flexibility index (Phi) is 11.6. The van der Waals surface area contributed by atoms with Crippen molar-refractivity contribution in [1.29, 1.82) is 0 Å². The van der Waals surface area contributed by atoms with Gasteiger partial charge in [-0.05, 0) is 52.7 Å². The van der Waals surface area contributed by atoms with Gasteiger partial charge in [-0.2, -0.15) is 4.31 Å². The van der Waals surface area contributed by atoms with Crippen LogP contribution in [0, 0.1) is 5.92 Å². The van der Waals surface area contributed by atoms with Crippen LogP contribution in [-0.2, 0) is 14.8 Å². The van der Waals surface area contributed by atoms with Crippen LogP contribution in [0.15, 0.2) is 4.99 Å². The SMILES string of the molecule is CN=C(NCC1CCN(C)CC1)N1CCN(S(=O)(=O)CCOC(C)C)CC1.I. The minimum absolute atomic E-state index is 0. The Morgan fingerprint density at radius 1 is 1.14 bits per heavy atom. The van der Waals surface area contributed by atoms with Gasteiger partial charge >= 0.3 is 0 Å². The molecule has 28 heavy (non-hydrogen) atoms. The predicted molar refractivity (Wildman–Crippen MR) is 125 cm³/mol. The summed E-state index contributed by atoms with van der Waals surface area (Å²) in [5, 5.41) is 3.49. The van der Waals surface area contributed by atoms with E-state index in [1.165, 1.54) is 12.8 Å². The number of ether oxygens (including phenoxy) is 1. The molecule has 0 unspecified atom stereocenters. The number of aliphatic imine (C=N–C) groups is 1. The number of halogens is 1. The van der Waals surface area contributed by atoms with Gasteiger partial charge < -0.3 is 19.9 Å². The normalized spacial score (nSPS) is 21.0. The summed E-state index contributed by atoms with van der Waals surface area (Å²) in [4.78, 5) is 8.93. The quantitative estimate of drug-likeness (QED) is 0.299. The lowest BCUT2D eigenvalue weighted by molar-refractivity contribution is 0.0904. The van der Waals surface area contributed by atoms with Crippen LogP contribution in [0.5, 0.6) is 0 Å². The number of sulfonamides is 1. The molecule has 0 saturated carbocycles. The number of piperidine rings is 1. The summed E-state index contributed by atoms with van der Waals surface area (Å²) in [5.41, 5.74) is 0. The van der Waals surface area contributed by atoms with E-state index in [4.69, 9.17) is 4.74 Å². The Bertz CT molecular complexity index is 572. The number of hydrogen-bond acceptors (Lipinski definition) is 5. The highest BCUT2D eigenvalue weighted by Gasteiger charge is 2.28. The Labute approximate surface area is 188 Å². The molecule has 0 atom stereocenters. The molecule has 2 fully saturated rings. The number of nitrogens with one attached hydrogen (secondary N) is 1. The van der Waals surface area contributed by atoms with E-state index in [-0.39, 0.29) is 42.4 Å². The molecule has 0 aliphatic carbocycles. The van der Waals surface area contributed by atoms with Crippen molar-refractivity contribution in [3.8, 4) is 0 Å². The first-order chi connectivity index (χ1) is 12.8. The highest BCUT2D eigenvalue weighted by Crippen LogP contribution is 2.15. The predicted octanol–water partition coefficient (Wildman–Crippen LogP) is 0.894. The first-order valence-electron chi connectivity index (χ1n) is 10.1. The summed E-state index contributed by atoms with van der Waals surface area (Å²) in [6, 6.07) is 0. The molecule has 0 aromatic carbocycles. The molecule has 166 valence electrons. The summed E-state index contributed by atoms with van der Waals surface area (Å²) in [5.74, 6) is 1.61. The average Bonchev–Trinajstić information content (AvgIpc) is 2.63. The summed E-state index contributed by atoms with van der Waals surface area (Å²) in [7, 11) is 0.714. The molecule has 0 aromatic heterocycles. The molecule has 0 amide bonds. The smallest absolute Gasteiger partial charge is 0.216 e. The molecule has 0 spiro atoms. The summed E-state index contributed by atoms with van der Waals surface area (Å²) in [6.07, 6.45) is 2.48. The monoisotopic (exact) mass is 531 g/mol. The fourth-order valence-corrected chi connectivity index (χ4v) is 4.82. The molecule has 1 N–H and O–H groups in total. The van der Waals surface area contributed by atoms with Gasteiger partial charge in [-0.3, -0.25) is 4.99 Å². The van der Waals surface area contributed by atoms with Crippen LogP contribution in [0.2, 0.25) is 0 Å². The second kappa shape index (κ2) is 12.5. The van der Waals surface area contributed by atoms with Crippen molar-refractivity contribution in [3.05, 3.63) is 0 Å². The van der Waals surface area contributed by atoms with E-state index in [1.54, 1.807) is 11.4 Å². The molecule has 0 bridgehead atoms. The Hall–Kier alpha value is -0.170. The van der Waals surface area contributed by atoms with E-state index in [0.717, 1.165) is 25.6 Å². The molecular formula is C18H38IN5O3S. The van der Waals surface area contributed by atoms with Crippen LogP contribution in [0.4, 0.5) is 0 Å². The number of rotatable bonds is 7. The lowest BCUT2D eigenvalue weighted by Crippen LogP contribution is -2.54. The number of nitrogens with zero attached hydrogens (tertiary/aromatic N) is 4. The third-order valence-electron chi connectivity index (χ3n) is 5.32.